The number of hydroxylamine groups is 2. The van der Waals surface area contributed by atoms with Crippen LogP contribution >= 0.6 is 0 Å². The summed E-state index contributed by atoms with van der Waals surface area (Å²) in [5, 5.41) is 0.0462. The van der Waals surface area contributed by atoms with Gasteiger partial charge >= 0.3 is 12.1 Å². The summed E-state index contributed by atoms with van der Waals surface area (Å²) >= 11 is 0. The van der Waals surface area contributed by atoms with Gasteiger partial charge < -0.3 is 4.53 Å². The molecular formula is C9H18F3NO2Si. The van der Waals surface area contributed by atoms with Crippen LogP contribution in [0, 0.1) is 0 Å². The molecule has 16 heavy (non-hydrogen) atoms. The maximum Gasteiger partial charge on any atom is 0.473 e. The Morgan fingerprint density at radius 3 is 1.81 bits per heavy atom. The molecule has 0 saturated heterocycles. The first-order valence-corrected chi connectivity index (χ1v) is 7.74. The maximum absolute atomic E-state index is 12.1. The molecule has 0 radical (unpaired) electrons. The van der Waals surface area contributed by atoms with E-state index < -0.39 is 20.4 Å². The summed E-state index contributed by atoms with van der Waals surface area (Å²) in [7, 11) is -1.41. The summed E-state index contributed by atoms with van der Waals surface area (Å²) in [6, 6.07) is 0. The largest absolute Gasteiger partial charge is 0.473 e. The van der Waals surface area contributed by atoms with E-state index in [1.807, 2.05) is 20.8 Å². The van der Waals surface area contributed by atoms with Crippen LogP contribution in [0.5, 0.6) is 0 Å². The molecule has 0 fully saturated rings. The van der Waals surface area contributed by atoms with E-state index in [0.717, 1.165) is 7.05 Å². The fraction of sp³-hybridized carbons (Fsp3) is 0.889. The lowest BCUT2D eigenvalue weighted by Crippen LogP contribution is -2.50. The molecule has 0 unspecified atom stereocenters. The Labute approximate surface area is 94.6 Å². The second-order valence-corrected chi connectivity index (χ2v) is 9.86. The number of alkyl halides is 3. The highest BCUT2D eigenvalue weighted by atomic mass is 28.4. The van der Waals surface area contributed by atoms with Gasteiger partial charge in [-0.25, -0.2) is 5.06 Å². The van der Waals surface area contributed by atoms with Crippen molar-refractivity contribution in [3.8, 4) is 0 Å². The highest BCUT2D eigenvalue weighted by Crippen LogP contribution is 2.37. The summed E-state index contributed by atoms with van der Waals surface area (Å²) in [5.74, 6) is -1.97. The van der Waals surface area contributed by atoms with Gasteiger partial charge in [-0.2, -0.15) is 13.2 Å². The minimum Gasteiger partial charge on any atom is -0.317 e. The van der Waals surface area contributed by atoms with Gasteiger partial charge in [0.15, 0.2) is 0 Å². The number of nitrogens with zero attached hydrogens (tertiary/aromatic N) is 1. The normalized spacial score (nSPS) is 13.8. The van der Waals surface area contributed by atoms with Crippen LogP contribution in [-0.4, -0.2) is 32.5 Å². The van der Waals surface area contributed by atoms with E-state index in [1.54, 1.807) is 13.1 Å². The van der Waals surface area contributed by atoms with Gasteiger partial charge in [-0.3, -0.25) is 4.79 Å². The number of halogens is 3. The zero-order valence-corrected chi connectivity index (χ0v) is 11.4. The van der Waals surface area contributed by atoms with Gasteiger partial charge in [-0.05, 0) is 18.1 Å². The van der Waals surface area contributed by atoms with Crippen molar-refractivity contribution in [2.45, 2.75) is 45.1 Å². The first kappa shape index (κ1) is 15.4. The van der Waals surface area contributed by atoms with Crippen LogP contribution in [0.4, 0.5) is 13.2 Å². The van der Waals surface area contributed by atoms with Crippen LogP contribution in [0.1, 0.15) is 20.8 Å². The third kappa shape index (κ3) is 3.78. The van der Waals surface area contributed by atoms with Crippen molar-refractivity contribution in [3.63, 3.8) is 0 Å². The molecular weight excluding hydrogens is 239 g/mol. The van der Waals surface area contributed by atoms with Gasteiger partial charge in [-0.15, -0.1) is 0 Å². The van der Waals surface area contributed by atoms with Crippen molar-refractivity contribution in [2.24, 2.45) is 0 Å². The monoisotopic (exact) mass is 257 g/mol. The minimum atomic E-state index is -4.89. The second-order valence-electron chi connectivity index (χ2n) is 5.15. The third-order valence-electron chi connectivity index (χ3n) is 2.70. The van der Waals surface area contributed by atoms with Crippen LogP contribution in [0.3, 0.4) is 0 Å². The minimum absolute atomic E-state index is 0.257. The molecule has 3 nitrogen and oxygen atoms in total. The van der Waals surface area contributed by atoms with Crippen LogP contribution < -0.4 is 0 Å². The van der Waals surface area contributed by atoms with E-state index in [-0.39, 0.29) is 5.04 Å². The topological polar surface area (TPSA) is 29.5 Å². The molecule has 0 aliphatic rings. The number of hydrogen-bond acceptors (Lipinski definition) is 2. The van der Waals surface area contributed by atoms with Crippen molar-refractivity contribution < 1.29 is 22.5 Å². The van der Waals surface area contributed by atoms with Crippen molar-refractivity contribution in [1.82, 2.24) is 5.06 Å². The Hall–Kier alpha value is -0.563. The van der Waals surface area contributed by atoms with Gasteiger partial charge in [0.05, 0.1) is 0 Å². The number of carbonyl (C=O) groups is 1. The first-order chi connectivity index (χ1) is 6.79. The Balaban J connectivity index is 4.71. The highest BCUT2D eigenvalue weighted by Gasteiger charge is 2.46. The van der Waals surface area contributed by atoms with Crippen LogP contribution in [0.25, 0.3) is 0 Å². The van der Waals surface area contributed by atoms with Crippen molar-refractivity contribution in [2.75, 3.05) is 7.05 Å². The van der Waals surface area contributed by atoms with Gasteiger partial charge in [0.2, 0.25) is 8.32 Å². The van der Waals surface area contributed by atoms with Crippen molar-refractivity contribution in [1.29, 1.82) is 0 Å². The zero-order valence-electron chi connectivity index (χ0n) is 10.4. The zero-order chi connectivity index (χ0) is 13.4. The van der Waals surface area contributed by atoms with E-state index in [9.17, 15) is 18.0 Å². The molecule has 0 saturated carbocycles. The molecule has 0 aromatic carbocycles. The van der Waals surface area contributed by atoms with E-state index >= 15 is 0 Å². The Bertz CT molecular complexity index is 271. The summed E-state index contributed by atoms with van der Waals surface area (Å²) in [6.45, 7) is 9.18. The quantitative estimate of drug-likeness (QED) is 0.562. The molecule has 0 N–H and O–H groups in total. The Morgan fingerprint density at radius 1 is 1.19 bits per heavy atom. The standard InChI is InChI=1S/C9H18F3NO2Si/c1-8(2,3)16(5,6)15-13(4)7(14)9(10,11)12/h1-6H3. The molecule has 0 bridgehead atoms. The molecule has 0 rings (SSSR count). The molecule has 0 spiro atoms. The Morgan fingerprint density at radius 2 is 1.56 bits per heavy atom. The van der Waals surface area contributed by atoms with E-state index in [0.29, 0.717) is 5.06 Å². The fourth-order valence-corrected chi connectivity index (χ4v) is 1.74. The number of amides is 1. The van der Waals surface area contributed by atoms with Gasteiger partial charge in [-0.1, -0.05) is 20.8 Å². The fourth-order valence-electron chi connectivity index (χ4n) is 0.699. The van der Waals surface area contributed by atoms with Crippen LogP contribution in [0.15, 0.2) is 0 Å². The average molecular weight is 257 g/mol. The van der Waals surface area contributed by atoms with Crippen molar-refractivity contribution >= 4 is 14.2 Å². The second kappa shape index (κ2) is 4.36. The van der Waals surface area contributed by atoms with Gasteiger partial charge in [0.1, 0.15) is 0 Å². The first-order valence-electron chi connectivity index (χ1n) is 4.83. The predicted molar refractivity (Wildman–Crippen MR) is 57.1 cm³/mol. The lowest BCUT2D eigenvalue weighted by molar-refractivity contribution is -0.207. The third-order valence-corrected chi connectivity index (χ3v) is 7.04. The predicted octanol–water partition coefficient (Wildman–Crippen LogP) is 2.94. The lowest BCUT2D eigenvalue weighted by Gasteiger charge is -2.38. The molecule has 0 aliphatic carbocycles. The molecule has 0 aliphatic heterocycles. The van der Waals surface area contributed by atoms with Gasteiger partial charge in [0.25, 0.3) is 0 Å². The molecule has 96 valence electrons. The van der Waals surface area contributed by atoms with E-state index in [4.69, 9.17) is 4.53 Å². The highest BCUT2D eigenvalue weighted by molar-refractivity contribution is 6.74. The summed E-state index contributed by atoms with van der Waals surface area (Å²) < 4.78 is 41.5. The SMILES string of the molecule is CN(O[Si](C)(C)C(C)(C)C)C(=O)C(F)(F)F. The van der Waals surface area contributed by atoms with Crippen LogP contribution in [-0.2, 0) is 9.32 Å². The number of hydrogen-bond donors (Lipinski definition) is 0. The lowest BCUT2D eigenvalue weighted by atomic mass is 10.2. The van der Waals surface area contributed by atoms with E-state index in [1.165, 1.54) is 0 Å². The smallest absolute Gasteiger partial charge is 0.317 e. The van der Waals surface area contributed by atoms with Crippen LogP contribution in [0.2, 0.25) is 18.1 Å². The molecule has 7 heteroatoms. The number of rotatable bonds is 2. The molecule has 1 amide bonds. The van der Waals surface area contributed by atoms with E-state index in [2.05, 4.69) is 0 Å². The Kier molecular flexibility index (Phi) is 4.21. The number of carbonyl (C=O) groups excluding carboxylic acids is 1. The van der Waals surface area contributed by atoms with Gasteiger partial charge in [0, 0.05) is 7.05 Å². The molecule has 0 heterocycles. The summed E-state index contributed by atoms with van der Waals surface area (Å²) in [4.78, 5) is 10.9. The molecule has 0 aromatic rings. The molecule has 0 aromatic heterocycles. The summed E-state index contributed by atoms with van der Waals surface area (Å²) in [5.41, 5.74) is 0. The summed E-state index contributed by atoms with van der Waals surface area (Å²) in [6.07, 6.45) is -4.89. The average Bonchev–Trinajstić information content (AvgIpc) is 1.97. The van der Waals surface area contributed by atoms with Crippen molar-refractivity contribution in [3.05, 3.63) is 0 Å². The maximum atomic E-state index is 12.1. The molecule has 0 atom stereocenters.